The summed E-state index contributed by atoms with van der Waals surface area (Å²) in [6.07, 6.45) is 0. The molecule has 0 aromatic heterocycles. The average molecular weight is 276 g/mol. The molecule has 0 saturated heterocycles. The van der Waals surface area contributed by atoms with Gasteiger partial charge in [0.05, 0.1) is 8.80 Å². The van der Waals surface area contributed by atoms with Crippen molar-refractivity contribution >= 4 is 32.7 Å². The first-order chi connectivity index (χ1) is 4.15. The van der Waals surface area contributed by atoms with Crippen LogP contribution in [0.25, 0.3) is 0 Å². The summed E-state index contributed by atoms with van der Waals surface area (Å²) in [6, 6.07) is 0. The predicted octanol–water partition coefficient (Wildman–Crippen LogP) is 3.33. The second kappa shape index (κ2) is 4.31. The summed E-state index contributed by atoms with van der Waals surface area (Å²) < 4.78 is 0. The minimum Gasteiger partial charge on any atom is -0.0703 e. The van der Waals surface area contributed by atoms with E-state index >= 15 is 0 Å². The van der Waals surface area contributed by atoms with Crippen LogP contribution in [0, 0.1) is 0 Å². The molecule has 0 N–H and O–H groups in total. The molecular formula is C9H21SiSn. The molecule has 0 nitrogen and oxygen atoms in total. The van der Waals surface area contributed by atoms with E-state index in [2.05, 4.69) is 48.1 Å². The van der Waals surface area contributed by atoms with Crippen LogP contribution in [0.4, 0.5) is 0 Å². The summed E-state index contributed by atoms with van der Waals surface area (Å²) in [6.45, 7) is 16.6. The Labute approximate surface area is 90.7 Å². The van der Waals surface area contributed by atoms with E-state index in [1.807, 2.05) is 0 Å². The maximum Gasteiger partial charge on any atom is 0.0561 e. The van der Waals surface area contributed by atoms with Crippen molar-refractivity contribution in [1.29, 1.82) is 0 Å². The van der Waals surface area contributed by atoms with Crippen LogP contribution < -0.4 is 0 Å². The van der Waals surface area contributed by atoms with Gasteiger partial charge in [-0.15, -0.1) is 0 Å². The molecule has 0 aliphatic rings. The molecule has 0 rings (SSSR count). The Hall–Kier alpha value is 1.02. The molecule has 0 aliphatic heterocycles. The van der Waals surface area contributed by atoms with Crippen LogP contribution >= 0.6 is 0 Å². The zero-order valence-electron chi connectivity index (χ0n) is 9.00. The molecule has 0 aromatic rings. The van der Waals surface area contributed by atoms with Gasteiger partial charge in [0, 0.05) is 23.9 Å². The summed E-state index contributed by atoms with van der Waals surface area (Å²) in [5.74, 6) is 0. The van der Waals surface area contributed by atoms with Gasteiger partial charge < -0.3 is 0 Å². The minimum absolute atomic E-state index is 0. The molecule has 0 saturated carbocycles. The molecule has 5 radical (unpaired) electrons. The topological polar surface area (TPSA) is 0 Å². The first kappa shape index (κ1) is 14.5. The van der Waals surface area contributed by atoms with Crippen molar-refractivity contribution in [2.75, 3.05) is 0 Å². The second-order valence-corrected chi connectivity index (χ2v) is 9.38. The van der Waals surface area contributed by atoms with Gasteiger partial charge in [0.25, 0.3) is 0 Å². The summed E-state index contributed by atoms with van der Waals surface area (Å²) in [4.78, 5) is 0. The third-order valence-electron chi connectivity index (χ3n) is 2.25. The zero-order valence-corrected chi connectivity index (χ0v) is 12.9. The quantitative estimate of drug-likeness (QED) is 0.595. The normalized spacial score (nSPS) is 13.1. The third kappa shape index (κ3) is 5.29. The van der Waals surface area contributed by atoms with Crippen LogP contribution in [-0.4, -0.2) is 32.7 Å². The molecule has 0 fully saturated rings. The van der Waals surface area contributed by atoms with Gasteiger partial charge in [-0.3, -0.25) is 0 Å². The minimum atomic E-state index is -0.221. The van der Waals surface area contributed by atoms with Gasteiger partial charge in [-0.2, -0.15) is 0 Å². The van der Waals surface area contributed by atoms with Crippen molar-refractivity contribution < 1.29 is 0 Å². The molecule has 2 heteroatoms. The van der Waals surface area contributed by atoms with Gasteiger partial charge in [-0.1, -0.05) is 48.1 Å². The second-order valence-electron chi connectivity index (χ2n) is 5.12. The van der Waals surface area contributed by atoms with Crippen molar-refractivity contribution in [3.8, 4) is 0 Å². The Morgan fingerprint density at radius 2 is 0.909 bits per heavy atom. The summed E-state index contributed by atoms with van der Waals surface area (Å²) >= 11 is 0. The van der Waals surface area contributed by atoms with Crippen LogP contribution in [0.5, 0.6) is 0 Å². The molecule has 0 atom stereocenters. The molecular weight excluding hydrogens is 255 g/mol. The molecule has 0 unspecified atom stereocenters. The van der Waals surface area contributed by atoms with Crippen LogP contribution in [0.15, 0.2) is 0 Å². The SMILES string of the molecule is C[Si](C(C)(C)C)C(C)(C)C.[Sn]. The molecule has 0 aromatic carbocycles. The van der Waals surface area contributed by atoms with Crippen molar-refractivity contribution in [3.63, 3.8) is 0 Å². The van der Waals surface area contributed by atoms with Crippen LogP contribution in [0.2, 0.25) is 16.6 Å². The number of rotatable bonds is 0. The summed E-state index contributed by atoms with van der Waals surface area (Å²) in [5.41, 5.74) is 0. The Morgan fingerprint density at radius 1 is 0.727 bits per heavy atom. The smallest absolute Gasteiger partial charge is 0.0561 e. The largest absolute Gasteiger partial charge is 0.0703 e. The van der Waals surface area contributed by atoms with E-state index in [-0.39, 0.29) is 32.7 Å². The van der Waals surface area contributed by atoms with Crippen LogP contribution in [0.3, 0.4) is 0 Å². The fourth-order valence-electron chi connectivity index (χ4n) is 1.12. The van der Waals surface area contributed by atoms with Gasteiger partial charge in [0.1, 0.15) is 0 Å². The van der Waals surface area contributed by atoms with E-state index in [0.717, 1.165) is 0 Å². The molecule has 0 aliphatic carbocycles. The fraction of sp³-hybridized carbons (Fsp3) is 1.00. The first-order valence-corrected chi connectivity index (χ1v) is 6.00. The molecule has 0 amide bonds. The van der Waals surface area contributed by atoms with Gasteiger partial charge in [0.2, 0.25) is 0 Å². The maximum absolute atomic E-state index is 2.44. The monoisotopic (exact) mass is 277 g/mol. The molecule has 0 heterocycles. The van der Waals surface area contributed by atoms with Gasteiger partial charge >= 0.3 is 0 Å². The van der Waals surface area contributed by atoms with Crippen molar-refractivity contribution in [2.45, 2.75) is 58.2 Å². The number of hydrogen-bond donors (Lipinski definition) is 0. The maximum atomic E-state index is 2.44. The Kier molecular flexibility index (Phi) is 5.69. The third-order valence-corrected chi connectivity index (χ3v) is 6.75. The van der Waals surface area contributed by atoms with Gasteiger partial charge in [0.15, 0.2) is 0 Å². The summed E-state index contributed by atoms with van der Waals surface area (Å²) in [7, 11) is -0.221. The first-order valence-electron chi connectivity index (χ1n) is 4.00. The molecule has 0 bridgehead atoms. The Bertz CT molecular complexity index is 93.7. The number of hydrogen-bond acceptors (Lipinski definition) is 0. The van der Waals surface area contributed by atoms with Crippen molar-refractivity contribution in [1.82, 2.24) is 0 Å². The van der Waals surface area contributed by atoms with E-state index in [1.54, 1.807) is 0 Å². The molecule has 0 spiro atoms. The zero-order chi connectivity index (χ0) is 8.58. The van der Waals surface area contributed by atoms with E-state index < -0.39 is 0 Å². The van der Waals surface area contributed by atoms with Gasteiger partial charge in [-0.05, 0) is 10.1 Å². The fourth-order valence-corrected chi connectivity index (χ4v) is 3.38. The standard InChI is InChI=1S/C9H21Si.Sn/c1-8(2,3)10(7)9(4,5)6;/h1-7H3;. The van der Waals surface area contributed by atoms with Crippen molar-refractivity contribution in [3.05, 3.63) is 0 Å². The van der Waals surface area contributed by atoms with E-state index in [0.29, 0.717) is 10.1 Å². The average Bonchev–Trinajstić information content (AvgIpc) is 1.59. The predicted molar refractivity (Wildman–Crippen MR) is 56.8 cm³/mol. The molecule has 11 heavy (non-hydrogen) atoms. The van der Waals surface area contributed by atoms with Crippen LogP contribution in [-0.2, 0) is 0 Å². The Balaban J connectivity index is 0. The van der Waals surface area contributed by atoms with Crippen LogP contribution in [0.1, 0.15) is 41.5 Å². The Morgan fingerprint density at radius 3 is 0.909 bits per heavy atom. The van der Waals surface area contributed by atoms with E-state index in [9.17, 15) is 0 Å². The van der Waals surface area contributed by atoms with Gasteiger partial charge in [-0.25, -0.2) is 0 Å². The molecule has 65 valence electrons. The van der Waals surface area contributed by atoms with E-state index in [4.69, 9.17) is 0 Å². The van der Waals surface area contributed by atoms with Crippen molar-refractivity contribution in [2.24, 2.45) is 0 Å². The van der Waals surface area contributed by atoms with E-state index in [1.165, 1.54) is 0 Å². The summed E-state index contributed by atoms with van der Waals surface area (Å²) in [5, 5.41) is 1.09.